The Labute approximate surface area is 191 Å². The van der Waals surface area contributed by atoms with Gasteiger partial charge in [-0.05, 0) is 38.5 Å². The first kappa shape index (κ1) is 20.8. The van der Waals surface area contributed by atoms with Gasteiger partial charge >= 0.3 is 0 Å². The quantitative estimate of drug-likeness (QED) is 0.468. The van der Waals surface area contributed by atoms with E-state index in [1.54, 1.807) is 4.68 Å². The van der Waals surface area contributed by atoms with Crippen molar-refractivity contribution in [2.24, 2.45) is 7.05 Å². The summed E-state index contributed by atoms with van der Waals surface area (Å²) in [6.45, 7) is 7.83. The van der Waals surface area contributed by atoms with Gasteiger partial charge in [0.05, 0.1) is 30.7 Å². The van der Waals surface area contributed by atoms with Gasteiger partial charge in [0.1, 0.15) is 17.3 Å². The van der Waals surface area contributed by atoms with Crippen LogP contribution in [0.15, 0.2) is 30.6 Å². The van der Waals surface area contributed by atoms with Gasteiger partial charge in [0.25, 0.3) is 0 Å². The maximum absolute atomic E-state index is 6.21. The molecule has 1 aliphatic rings. The van der Waals surface area contributed by atoms with E-state index in [1.165, 1.54) is 0 Å². The summed E-state index contributed by atoms with van der Waals surface area (Å²) in [6.07, 6.45) is 3.73. The fraction of sp³-hybridized carbons (Fsp3) is 0.348. The molecule has 0 spiro atoms. The van der Waals surface area contributed by atoms with Gasteiger partial charge < -0.3 is 9.64 Å². The normalized spacial score (nSPS) is 16.7. The largest absolute Gasteiger partial charge is 0.370 e. The average Bonchev–Trinajstić information content (AvgIpc) is 3.21. The Morgan fingerprint density at radius 1 is 1.06 bits per heavy atom. The van der Waals surface area contributed by atoms with Crippen molar-refractivity contribution in [3.63, 3.8) is 0 Å². The van der Waals surface area contributed by atoms with Gasteiger partial charge in [-0.15, -0.1) is 0 Å². The number of hydrogen-bond donors (Lipinski definition) is 0. The first-order valence-corrected chi connectivity index (χ1v) is 10.9. The van der Waals surface area contributed by atoms with Gasteiger partial charge in [-0.25, -0.2) is 15.0 Å². The van der Waals surface area contributed by atoms with E-state index >= 15 is 0 Å². The van der Waals surface area contributed by atoms with Crippen molar-refractivity contribution >= 4 is 28.7 Å². The van der Waals surface area contributed by atoms with Crippen LogP contribution in [0.3, 0.4) is 0 Å². The third-order valence-corrected chi connectivity index (χ3v) is 6.06. The molecule has 1 fully saturated rings. The lowest BCUT2D eigenvalue weighted by atomic mass is 10.0. The van der Waals surface area contributed by atoms with E-state index in [2.05, 4.69) is 10.00 Å². The van der Waals surface area contributed by atoms with Crippen molar-refractivity contribution in [3.05, 3.63) is 58.1 Å². The fourth-order valence-electron chi connectivity index (χ4n) is 3.96. The topological polar surface area (TPSA) is 81.9 Å². The van der Waals surface area contributed by atoms with Gasteiger partial charge in [0, 0.05) is 35.9 Å². The summed E-state index contributed by atoms with van der Waals surface area (Å²) >= 11 is 6.21. The van der Waals surface area contributed by atoms with E-state index in [4.69, 9.17) is 36.3 Å². The van der Waals surface area contributed by atoms with E-state index in [0.717, 1.165) is 33.8 Å². The Morgan fingerprint density at radius 2 is 1.88 bits per heavy atom. The lowest BCUT2D eigenvalue weighted by Crippen LogP contribution is -2.39. The Hall–Kier alpha value is -3.10. The van der Waals surface area contributed by atoms with Gasteiger partial charge in [0.2, 0.25) is 5.95 Å². The molecule has 0 radical (unpaired) electrons. The molecule has 1 atom stereocenters. The predicted molar refractivity (Wildman–Crippen MR) is 124 cm³/mol. The summed E-state index contributed by atoms with van der Waals surface area (Å²) in [5.41, 5.74) is 6.81. The Balaban J connectivity index is 1.62. The molecule has 1 saturated heterocycles. The van der Waals surface area contributed by atoms with Crippen LogP contribution in [0.25, 0.3) is 22.4 Å². The van der Waals surface area contributed by atoms with Crippen molar-refractivity contribution in [3.8, 4) is 11.3 Å². The number of anilines is 1. The van der Waals surface area contributed by atoms with Crippen molar-refractivity contribution < 1.29 is 4.74 Å². The lowest BCUT2D eigenvalue weighted by Gasteiger charge is -2.32. The van der Waals surface area contributed by atoms with Crippen molar-refractivity contribution in [2.45, 2.75) is 26.9 Å². The van der Waals surface area contributed by atoms with Crippen LogP contribution < -0.4 is 4.90 Å². The van der Waals surface area contributed by atoms with Gasteiger partial charge in [-0.2, -0.15) is 10.1 Å². The number of fused-ring (bicyclic) bond motifs is 1. The van der Waals surface area contributed by atoms with Crippen LogP contribution >= 0.6 is 11.6 Å². The Morgan fingerprint density at radius 3 is 2.62 bits per heavy atom. The highest BCUT2D eigenvalue weighted by atomic mass is 35.5. The Bertz CT molecular complexity index is 1320. The molecule has 1 aromatic carbocycles. The number of halogens is 1. The smallest absolute Gasteiger partial charge is 0.228 e. The van der Waals surface area contributed by atoms with Crippen LogP contribution in [-0.4, -0.2) is 49.4 Å². The number of ether oxygens (including phenoxy) is 1. The van der Waals surface area contributed by atoms with E-state index in [9.17, 15) is 0 Å². The zero-order chi connectivity index (χ0) is 22.4. The zero-order valence-corrected chi connectivity index (χ0v) is 19.3. The van der Waals surface area contributed by atoms with Crippen LogP contribution in [0, 0.1) is 20.8 Å². The number of nitrogens with zero attached hydrogens (tertiary/aromatic N) is 7. The van der Waals surface area contributed by atoms with E-state index in [1.807, 2.05) is 58.4 Å². The number of hydrogen-bond acceptors (Lipinski definition) is 7. The monoisotopic (exact) mass is 449 g/mol. The molecule has 0 unspecified atom stereocenters. The van der Waals surface area contributed by atoms with Crippen molar-refractivity contribution in [1.82, 2.24) is 29.7 Å². The molecule has 0 amide bonds. The van der Waals surface area contributed by atoms with Crippen molar-refractivity contribution in [1.29, 1.82) is 0 Å². The molecule has 0 N–H and O–H groups in total. The standard InChI is InChI=1S/C23H24ClN7O/c1-13-9-17(24)5-6-18(13)20-21-22(27-15(3)14(2)26-21)29-23(28-20)31-7-8-32-19(12-31)16-10-25-30(4)11-16/h5-6,9-11,19H,7-8,12H2,1-4H3/t19-/m1/s1. The molecule has 1 aliphatic heterocycles. The zero-order valence-electron chi connectivity index (χ0n) is 18.5. The number of rotatable bonds is 3. The van der Waals surface area contributed by atoms with Crippen LogP contribution in [0.1, 0.15) is 28.6 Å². The molecule has 4 aromatic rings. The first-order valence-electron chi connectivity index (χ1n) is 10.5. The second-order valence-corrected chi connectivity index (χ2v) is 8.59. The highest BCUT2D eigenvalue weighted by Gasteiger charge is 2.26. The molecule has 4 heterocycles. The summed E-state index contributed by atoms with van der Waals surface area (Å²) in [4.78, 5) is 21.5. The van der Waals surface area contributed by atoms with Gasteiger partial charge in [0.15, 0.2) is 5.65 Å². The van der Waals surface area contributed by atoms with Gasteiger partial charge in [-0.3, -0.25) is 4.68 Å². The minimum atomic E-state index is -0.0942. The van der Waals surface area contributed by atoms with E-state index in [0.29, 0.717) is 41.8 Å². The van der Waals surface area contributed by atoms with Crippen molar-refractivity contribution in [2.75, 3.05) is 24.6 Å². The van der Waals surface area contributed by atoms with Crippen LogP contribution in [0.4, 0.5) is 5.95 Å². The maximum atomic E-state index is 6.21. The summed E-state index contributed by atoms with van der Waals surface area (Å²) in [7, 11) is 1.90. The summed E-state index contributed by atoms with van der Waals surface area (Å²) in [6, 6.07) is 5.79. The molecule has 5 rings (SSSR count). The van der Waals surface area contributed by atoms with Crippen LogP contribution in [-0.2, 0) is 11.8 Å². The Kier molecular flexibility index (Phi) is 5.27. The minimum absolute atomic E-state index is 0.0942. The molecule has 0 saturated carbocycles. The average molecular weight is 450 g/mol. The van der Waals surface area contributed by atoms with Crippen LogP contribution in [0.2, 0.25) is 5.02 Å². The second-order valence-electron chi connectivity index (χ2n) is 8.15. The summed E-state index contributed by atoms with van der Waals surface area (Å²) in [5.74, 6) is 0.622. The number of morpholine rings is 1. The summed E-state index contributed by atoms with van der Waals surface area (Å²) < 4.78 is 7.79. The third kappa shape index (κ3) is 3.80. The molecule has 0 aliphatic carbocycles. The van der Waals surface area contributed by atoms with Crippen LogP contribution in [0.5, 0.6) is 0 Å². The molecule has 164 valence electrons. The molecule has 0 bridgehead atoms. The lowest BCUT2D eigenvalue weighted by molar-refractivity contribution is 0.0392. The second kappa shape index (κ2) is 8.11. The molecular weight excluding hydrogens is 426 g/mol. The molecule has 9 heteroatoms. The molecular formula is C23H24ClN7O. The predicted octanol–water partition coefficient (Wildman–Crippen LogP) is 3.98. The third-order valence-electron chi connectivity index (χ3n) is 5.82. The summed E-state index contributed by atoms with van der Waals surface area (Å²) in [5, 5.41) is 4.97. The highest BCUT2D eigenvalue weighted by molar-refractivity contribution is 6.30. The SMILES string of the molecule is Cc1cc(Cl)ccc1-c1nc(N2CCO[C@@H](c3cnn(C)c3)C2)nc2nc(C)c(C)nc12. The van der Waals surface area contributed by atoms with E-state index in [-0.39, 0.29) is 6.10 Å². The fourth-order valence-corrected chi connectivity index (χ4v) is 4.19. The first-order chi connectivity index (χ1) is 15.4. The minimum Gasteiger partial charge on any atom is -0.370 e. The number of benzene rings is 1. The number of aryl methyl sites for hydroxylation is 4. The maximum Gasteiger partial charge on any atom is 0.228 e. The van der Waals surface area contributed by atoms with Gasteiger partial charge in [-0.1, -0.05) is 17.7 Å². The number of aromatic nitrogens is 6. The molecule has 32 heavy (non-hydrogen) atoms. The highest BCUT2D eigenvalue weighted by Crippen LogP contribution is 2.32. The molecule has 8 nitrogen and oxygen atoms in total. The molecule has 3 aromatic heterocycles. The van der Waals surface area contributed by atoms with E-state index < -0.39 is 0 Å².